The largest absolute Gasteiger partial charge is 0.480 e. The van der Waals surface area contributed by atoms with Crippen LogP contribution in [0.2, 0.25) is 0 Å². The lowest BCUT2D eigenvalue weighted by Gasteiger charge is -1.94. The Kier molecular flexibility index (Phi) is 1.80. The molecule has 0 amide bonds. The van der Waals surface area contributed by atoms with Gasteiger partial charge in [0.15, 0.2) is 0 Å². The molecule has 0 aliphatic carbocycles. The van der Waals surface area contributed by atoms with Crippen molar-refractivity contribution >= 4 is 0 Å². The molecule has 0 unspecified atom stereocenters. The van der Waals surface area contributed by atoms with E-state index < -0.39 is 0 Å². The van der Waals surface area contributed by atoms with Gasteiger partial charge in [-0.05, 0) is 0 Å². The molecule has 0 atom stereocenters. The second-order valence-corrected chi connectivity index (χ2v) is 1.88. The Morgan fingerprint density at radius 2 is 2.10 bits per heavy atom. The van der Waals surface area contributed by atoms with Crippen molar-refractivity contribution in [1.82, 2.24) is 9.55 Å². The third-order valence-corrected chi connectivity index (χ3v) is 1.20. The van der Waals surface area contributed by atoms with Crippen LogP contribution >= 0.6 is 0 Å². The molecular weight excluding hydrogens is 132 g/mol. The van der Waals surface area contributed by atoms with Crippen molar-refractivity contribution < 1.29 is 9.47 Å². The summed E-state index contributed by atoms with van der Waals surface area (Å²) in [5.74, 6) is 0.569. The van der Waals surface area contributed by atoms with Crippen molar-refractivity contribution in [3.63, 3.8) is 0 Å². The second-order valence-electron chi connectivity index (χ2n) is 1.88. The number of ether oxygens (including phenoxy) is 2. The van der Waals surface area contributed by atoms with E-state index in [1.54, 1.807) is 25.0 Å². The maximum atomic E-state index is 4.90. The number of aryl methyl sites for hydroxylation is 1. The summed E-state index contributed by atoms with van der Waals surface area (Å²) in [6.07, 6.45) is 1.75. The zero-order valence-electron chi connectivity index (χ0n) is 6.29. The molecule has 1 heterocycles. The quantitative estimate of drug-likeness (QED) is 0.601. The molecule has 10 heavy (non-hydrogen) atoms. The lowest BCUT2D eigenvalue weighted by Crippen LogP contribution is -1.92. The number of aromatic nitrogens is 2. The number of nitrogens with zero attached hydrogens (tertiary/aromatic N) is 2. The van der Waals surface area contributed by atoms with E-state index in [2.05, 4.69) is 4.98 Å². The molecule has 0 bridgehead atoms. The number of hydrogen-bond acceptors (Lipinski definition) is 3. The van der Waals surface area contributed by atoms with Gasteiger partial charge < -0.3 is 14.0 Å². The van der Waals surface area contributed by atoms with Crippen molar-refractivity contribution in [2.75, 3.05) is 14.2 Å². The molecule has 4 heteroatoms. The summed E-state index contributed by atoms with van der Waals surface area (Å²) in [5, 5.41) is 0. The molecule has 0 spiro atoms. The fraction of sp³-hybridized carbons (Fsp3) is 0.500. The van der Waals surface area contributed by atoms with Crippen molar-refractivity contribution in [3.8, 4) is 11.9 Å². The predicted octanol–water partition coefficient (Wildman–Crippen LogP) is 0.437. The molecule has 0 saturated heterocycles. The number of imidazole rings is 1. The Balaban J connectivity index is 2.92. The third kappa shape index (κ3) is 1.05. The topological polar surface area (TPSA) is 36.3 Å². The zero-order valence-corrected chi connectivity index (χ0v) is 6.29. The van der Waals surface area contributed by atoms with Gasteiger partial charge in [-0.1, -0.05) is 0 Å². The van der Waals surface area contributed by atoms with E-state index in [0.29, 0.717) is 11.9 Å². The molecule has 4 nitrogen and oxygen atoms in total. The average molecular weight is 142 g/mol. The summed E-state index contributed by atoms with van der Waals surface area (Å²) in [6.45, 7) is 0. The van der Waals surface area contributed by atoms with E-state index in [-0.39, 0.29) is 0 Å². The number of hydrogen-bond donors (Lipinski definition) is 0. The molecule has 0 aromatic carbocycles. The molecule has 0 radical (unpaired) electrons. The van der Waals surface area contributed by atoms with E-state index in [1.165, 1.54) is 0 Å². The lowest BCUT2D eigenvalue weighted by atomic mass is 10.8. The van der Waals surface area contributed by atoms with Crippen LogP contribution in [0.25, 0.3) is 0 Å². The maximum absolute atomic E-state index is 4.90. The van der Waals surface area contributed by atoms with E-state index in [1.807, 2.05) is 7.05 Å². The number of methoxy groups -OCH3 is 2. The fourth-order valence-corrected chi connectivity index (χ4v) is 0.711. The highest BCUT2D eigenvalue weighted by atomic mass is 16.5. The van der Waals surface area contributed by atoms with Crippen LogP contribution in [0.5, 0.6) is 11.9 Å². The Morgan fingerprint density at radius 1 is 1.40 bits per heavy atom. The van der Waals surface area contributed by atoms with Gasteiger partial charge in [-0.25, -0.2) is 0 Å². The molecule has 0 N–H and O–H groups in total. The van der Waals surface area contributed by atoms with Gasteiger partial charge in [0.1, 0.15) is 0 Å². The monoisotopic (exact) mass is 142 g/mol. The zero-order chi connectivity index (χ0) is 7.56. The van der Waals surface area contributed by atoms with Crippen LogP contribution in [0, 0.1) is 0 Å². The van der Waals surface area contributed by atoms with Crippen LogP contribution in [-0.4, -0.2) is 23.8 Å². The summed E-state index contributed by atoms with van der Waals surface area (Å²) in [5.41, 5.74) is 0. The minimum absolute atomic E-state index is 0.553. The molecule has 0 fully saturated rings. The first-order valence-corrected chi connectivity index (χ1v) is 2.89. The molecule has 0 aliphatic heterocycles. The summed E-state index contributed by atoms with van der Waals surface area (Å²) in [4.78, 5) is 3.97. The number of rotatable bonds is 2. The van der Waals surface area contributed by atoms with Crippen LogP contribution in [-0.2, 0) is 7.05 Å². The molecule has 1 rings (SSSR count). The average Bonchev–Trinajstić information content (AvgIpc) is 2.30. The van der Waals surface area contributed by atoms with Crippen LogP contribution in [0.4, 0.5) is 0 Å². The normalized spacial score (nSPS) is 9.50. The summed E-state index contributed by atoms with van der Waals surface area (Å²) in [6, 6.07) is 0.553. The van der Waals surface area contributed by atoms with Crippen LogP contribution in [0.15, 0.2) is 6.20 Å². The van der Waals surface area contributed by atoms with E-state index in [9.17, 15) is 0 Å². The van der Waals surface area contributed by atoms with Gasteiger partial charge in [0.2, 0.25) is 5.88 Å². The van der Waals surface area contributed by atoms with Crippen molar-refractivity contribution in [2.45, 2.75) is 0 Å². The first-order valence-electron chi connectivity index (χ1n) is 2.89. The van der Waals surface area contributed by atoms with Gasteiger partial charge in [-0.2, -0.15) is 4.98 Å². The molecule has 1 aromatic heterocycles. The lowest BCUT2D eigenvalue weighted by molar-refractivity contribution is 0.357. The molecular formula is C6H10N2O2. The highest BCUT2D eigenvalue weighted by Crippen LogP contribution is 2.13. The predicted molar refractivity (Wildman–Crippen MR) is 36.3 cm³/mol. The van der Waals surface area contributed by atoms with Gasteiger partial charge in [0.25, 0.3) is 6.01 Å². The van der Waals surface area contributed by atoms with Gasteiger partial charge in [-0.15, -0.1) is 0 Å². The first kappa shape index (κ1) is 6.92. The standard InChI is InChI=1S/C6H10N2O2/c1-8-4-5(9-2)7-6(8)10-3/h4H,1-3H3. The van der Waals surface area contributed by atoms with Crippen molar-refractivity contribution in [1.29, 1.82) is 0 Å². The minimum Gasteiger partial charge on any atom is -0.480 e. The Hall–Kier alpha value is -1.19. The second kappa shape index (κ2) is 2.60. The van der Waals surface area contributed by atoms with Crippen molar-refractivity contribution in [3.05, 3.63) is 6.20 Å². The van der Waals surface area contributed by atoms with Crippen molar-refractivity contribution in [2.24, 2.45) is 7.05 Å². The molecule has 0 aliphatic rings. The van der Waals surface area contributed by atoms with Crippen LogP contribution < -0.4 is 9.47 Å². The maximum Gasteiger partial charge on any atom is 0.299 e. The highest BCUT2D eigenvalue weighted by Gasteiger charge is 2.02. The van der Waals surface area contributed by atoms with Gasteiger partial charge in [-0.3, -0.25) is 0 Å². The van der Waals surface area contributed by atoms with E-state index in [0.717, 1.165) is 0 Å². The van der Waals surface area contributed by atoms with Gasteiger partial charge in [0.05, 0.1) is 20.4 Å². The Labute approximate surface area is 59.4 Å². The fourth-order valence-electron chi connectivity index (χ4n) is 0.711. The van der Waals surface area contributed by atoms with E-state index >= 15 is 0 Å². The third-order valence-electron chi connectivity index (χ3n) is 1.20. The summed E-state index contributed by atoms with van der Waals surface area (Å²) >= 11 is 0. The van der Waals surface area contributed by atoms with Crippen LogP contribution in [0.1, 0.15) is 0 Å². The molecule has 56 valence electrons. The van der Waals surface area contributed by atoms with Crippen LogP contribution in [0.3, 0.4) is 0 Å². The minimum atomic E-state index is 0.553. The summed E-state index contributed by atoms with van der Waals surface area (Å²) in [7, 11) is 4.98. The molecule has 0 saturated carbocycles. The van der Waals surface area contributed by atoms with Gasteiger partial charge in [0, 0.05) is 7.05 Å². The SMILES string of the molecule is COc1cn(C)c(OC)n1. The molecule has 1 aromatic rings. The Morgan fingerprint density at radius 3 is 2.40 bits per heavy atom. The van der Waals surface area contributed by atoms with E-state index in [4.69, 9.17) is 9.47 Å². The highest BCUT2D eigenvalue weighted by molar-refractivity contribution is 5.12. The van der Waals surface area contributed by atoms with Gasteiger partial charge >= 0.3 is 0 Å². The smallest absolute Gasteiger partial charge is 0.299 e. The Bertz CT molecular complexity index is 220. The summed E-state index contributed by atoms with van der Waals surface area (Å²) < 4.78 is 11.5. The first-order chi connectivity index (χ1) is 4.77.